The Kier molecular flexibility index (Phi) is 6.81. The predicted molar refractivity (Wildman–Crippen MR) is 109 cm³/mol. The van der Waals surface area contributed by atoms with E-state index in [2.05, 4.69) is 34.5 Å². The third-order valence-corrected chi connectivity index (χ3v) is 5.15. The first-order valence-corrected chi connectivity index (χ1v) is 9.92. The van der Waals surface area contributed by atoms with E-state index in [0.29, 0.717) is 24.7 Å². The largest absolute Gasteiger partial charge is 0.346 e. The Morgan fingerprint density at radius 3 is 2.61 bits per heavy atom. The van der Waals surface area contributed by atoms with Crippen molar-refractivity contribution in [3.8, 4) is 0 Å². The molecular formula is C21H29N5O2. The maximum Gasteiger partial charge on any atom is 0.313 e. The van der Waals surface area contributed by atoms with Gasteiger partial charge in [0.2, 0.25) is 0 Å². The molecule has 2 heterocycles. The third kappa shape index (κ3) is 5.42. The van der Waals surface area contributed by atoms with E-state index in [9.17, 15) is 9.59 Å². The number of carbonyl (C=O) groups is 2. The van der Waals surface area contributed by atoms with Gasteiger partial charge < -0.3 is 10.6 Å². The highest BCUT2D eigenvalue weighted by Gasteiger charge is 2.26. The lowest BCUT2D eigenvalue weighted by Gasteiger charge is -2.30. The molecule has 3 rings (SSSR count). The van der Waals surface area contributed by atoms with Gasteiger partial charge in [0.1, 0.15) is 0 Å². The molecule has 7 nitrogen and oxygen atoms in total. The summed E-state index contributed by atoms with van der Waals surface area (Å²) in [5.41, 5.74) is 1.60. The van der Waals surface area contributed by atoms with Gasteiger partial charge in [-0.05, 0) is 55.6 Å². The summed E-state index contributed by atoms with van der Waals surface area (Å²) < 4.78 is 1.80. The van der Waals surface area contributed by atoms with Crippen LogP contribution in [0.1, 0.15) is 32.3 Å². The maximum atomic E-state index is 12.3. The van der Waals surface area contributed by atoms with Crippen molar-refractivity contribution in [1.82, 2.24) is 20.0 Å². The van der Waals surface area contributed by atoms with Crippen LogP contribution in [-0.4, -0.2) is 52.2 Å². The minimum absolute atomic E-state index is 0.261. The summed E-state index contributed by atoms with van der Waals surface area (Å²) in [7, 11) is 0. The minimum Gasteiger partial charge on any atom is -0.346 e. The Hall–Kier alpha value is -2.67. The van der Waals surface area contributed by atoms with Gasteiger partial charge in [0.15, 0.2) is 0 Å². The van der Waals surface area contributed by atoms with E-state index in [4.69, 9.17) is 0 Å². The number of carbonyl (C=O) groups excluding carboxylic acids is 2. The molecule has 1 saturated heterocycles. The fourth-order valence-electron chi connectivity index (χ4n) is 3.65. The Morgan fingerprint density at radius 2 is 1.93 bits per heavy atom. The number of likely N-dealkylation sites (tertiary alicyclic amines) is 1. The van der Waals surface area contributed by atoms with E-state index >= 15 is 0 Å². The van der Waals surface area contributed by atoms with Crippen LogP contribution in [0.4, 0.5) is 5.69 Å². The van der Waals surface area contributed by atoms with Gasteiger partial charge >= 0.3 is 11.8 Å². The Bertz CT molecular complexity index is 782. The van der Waals surface area contributed by atoms with Crippen LogP contribution in [0.25, 0.3) is 0 Å². The lowest BCUT2D eigenvalue weighted by atomic mass is 10.0. The number of hydrogen-bond donors (Lipinski definition) is 2. The van der Waals surface area contributed by atoms with Crippen molar-refractivity contribution in [3.63, 3.8) is 0 Å². The van der Waals surface area contributed by atoms with Crippen LogP contribution in [0, 0.1) is 5.92 Å². The number of nitrogens with zero attached hydrogens (tertiary/aromatic N) is 3. The average Bonchev–Trinajstić information content (AvgIpc) is 3.36. The first-order chi connectivity index (χ1) is 13.5. The van der Waals surface area contributed by atoms with Crippen molar-refractivity contribution < 1.29 is 9.59 Å². The molecule has 2 amide bonds. The fourth-order valence-corrected chi connectivity index (χ4v) is 3.65. The highest BCUT2D eigenvalue weighted by atomic mass is 16.2. The standard InChI is InChI=1S/C21H29N5O2/c1-16(2)19(25-10-3-4-11-25)14-22-20(27)21(28)24-18-8-5-7-17(13-18)15-26-12-6-9-23-26/h5-9,12-13,16,19H,3-4,10-11,14-15H2,1-2H3,(H,22,27)(H,24,28). The molecule has 1 atom stereocenters. The van der Waals surface area contributed by atoms with Crippen LogP contribution in [-0.2, 0) is 16.1 Å². The molecular weight excluding hydrogens is 354 g/mol. The Labute approximate surface area is 166 Å². The third-order valence-electron chi connectivity index (χ3n) is 5.15. The highest BCUT2D eigenvalue weighted by Crippen LogP contribution is 2.17. The van der Waals surface area contributed by atoms with Crippen LogP contribution in [0.3, 0.4) is 0 Å². The number of rotatable bonds is 7. The number of hydrogen-bond acceptors (Lipinski definition) is 4. The van der Waals surface area contributed by atoms with Crippen molar-refractivity contribution in [2.75, 3.05) is 25.0 Å². The molecule has 1 unspecified atom stereocenters. The predicted octanol–water partition coefficient (Wildman–Crippen LogP) is 2.11. The van der Waals surface area contributed by atoms with Crippen LogP contribution >= 0.6 is 0 Å². The van der Waals surface area contributed by atoms with Crippen molar-refractivity contribution >= 4 is 17.5 Å². The van der Waals surface area contributed by atoms with Crippen LogP contribution < -0.4 is 10.6 Å². The summed E-state index contributed by atoms with van der Waals surface area (Å²) in [4.78, 5) is 27.0. The van der Waals surface area contributed by atoms with E-state index in [1.807, 2.05) is 30.5 Å². The second-order valence-corrected chi connectivity index (χ2v) is 7.62. The molecule has 7 heteroatoms. The molecule has 0 spiro atoms. The molecule has 1 fully saturated rings. The smallest absolute Gasteiger partial charge is 0.313 e. The molecule has 1 aromatic heterocycles. The molecule has 0 bridgehead atoms. The number of amides is 2. The van der Waals surface area contributed by atoms with Gasteiger partial charge in [0.25, 0.3) is 0 Å². The zero-order valence-corrected chi connectivity index (χ0v) is 16.6. The highest BCUT2D eigenvalue weighted by molar-refractivity contribution is 6.39. The average molecular weight is 383 g/mol. The molecule has 2 N–H and O–H groups in total. The molecule has 1 aliphatic rings. The van der Waals surface area contributed by atoms with Gasteiger partial charge in [-0.25, -0.2) is 0 Å². The lowest BCUT2D eigenvalue weighted by molar-refractivity contribution is -0.136. The van der Waals surface area contributed by atoms with Gasteiger partial charge in [-0.2, -0.15) is 5.10 Å². The lowest BCUT2D eigenvalue weighted by Crippen LogP contribution is -2.47. The second kappa shape index (κ2) is 9.50. The topological polar surface area (TPSA) is 79.3 Å². The normalized spacial score (nSPS) is 15.5. The summed E-state index contributed by atoms with van der Waals surface area (Å²) >= 11 is 0. The zero-order chi connectivity index (χ0) is 19.9. The molecule has 0 radical (unpaired) electrons. The summed E-state index contributed by atoms with van der Waals surface area (Å²) in [5.74, 6) is -0.817. The molecule has 1 aromatic carbocycles. The monoisotopic (exact) mass is 383 g/mol. The van der Waals surface area contributed by atoms with E-state index < -0.39 is 11.8 Å². The van der Waals surface area contributed by atoms with Gasteiger partial charge in [0, 0.05) is 30.7 Å². The van der Waals surface area contributed by atoms with Crippen molar-refractivity contribution in [1.29, 1.82) is 0 Å². The minimum atomic E-state index is -0.639. The van der Waals surface area contributed by atoms with Gasteiger partial charge in [-0.1, -0.05) is 26.0 Å². The number of nitrogens with one attached hydrogen (secondary N) is 2. The number of aromatic nitrogens is 2. The first kappa shape index (κ1) is 20.1. The number of anilines is 1. The molecule has 150 valence electrons. The molecule has 1 aliphatic heterocycles. The van der Waals surface area contributed by atoms with Crippen molar-refractivity contribution in [2.24, 2.45) is 5.92 Å². The van der Waals surface area contributed by atoms with Crippen molar-refractivity contribution in [3.05, 3.63) is 48.3 Å². The molecule has 0 saturated carbocycles. The molecule has 2 aromatic rings. The summed E-state index contributed by atoms with van der Waals surface area (Å²) in [6.07, 6.45) is 6.01. The Balaban J connectivity index is 1.53. The van der Waals surface area contributed by atoms with Gasteiger partial charge in [0.05, 0.1) is 6.54 Å². The fraction of sp³-hybridized carbons (Fsp3) is 0.476. The quantitative estimate of drug-likeness (QED) is 0.718. The van der Waals surface area contributed by atoms with Crippen molar-refractivity contribution in [2.45, 2.75) is 39.3 Å². The maximum absolute atomic E-state index is 12.3. The van der Waals surface area contributed by atoms with Crippen LogP contribution in [0.5, 0.6) is 0 Å². The van der Waals surface area contributed by atoms with Gasteiger partial charge in [-0.3, -0.25) is 19.2 Å². The number of benzene rings is 1. The van der Waals surface area contributed by atoms with Crippen LogP contribution in [0.15, 0.2) is 42.7 Å². The Morgan fingerprint density at radius 1 is 1.14 bits per heavy atom. The van der Waals surface area contributed by atoms with Crippen LogP contribution in [0.2, 0.25) is 0 Å². The van der Waals surface area contributed by atoms with E-state index in [-0.39, 0.29) is 6.04 Å². The second-order valence-electron chi connectivity index (χ2n) is 7.62. The summed E-state index contributed by atoms with van der Waals surface area (Å²) in [5, 5.41) is 9.67. The van der Waals surface area contributed by atoms with Gasteiger partial charge in [-0.15, -0.1) is 0 Å². The van der Waals surface area contributed by atoms with E-state index in [1.54, 1.807) is 16.9 Å². The van der Waals surface area contributed by atoms with E-state index in [0.717, 1.165) is 18.7 Å². The molecule has 0 aliphatic carbocycles. The van der Waals surface area contributed by atoms with E-state index in [1.165, 1.54) is 12.8 Å². The summed E-state index contributed by atoms with van der Waals surface area (Å²) in [6.45, 7) is 7.53. The first-order valence-electron chi connectivity index (χ1n) is 9.92. The summed E-state index contributed by atoms with van der Waals surface area (Å²) in [6, 6.07) is 9.57. The zero-order valence-electron chi connectivity index (χ0n) is 16.6. The molecule has 28 heavy (non-hydrogen) atoms. The SMILES string of the molecule is CC(C)C(CNC(=O)C(=O)Nc1cccc(Cn2cccn2)c1)N1CCCC1.